The van der Waals surface area contributed by atoms with Crippen LogP contribution in [0.2, 0.25) is 5.02 Å². The van der Waals surface area contributed by atoms with Crippen LogP contribution in [0, 0.1) is 0 Å². The number of hydrazine groups is 1. The molecule has 0 atom stereocenters. The van der Waals surface area contributed by atoms with Gasteiger partial charge in [-0.15, -0.1) is 0 Å². The number of nitrogens with zero attached hydrogens (tertiary/aromatic N) is 2. The van der Waals surface area contributed by atoms with Gasteiger partial charge in [-0.05, 0) is 29.3 Å². The molecular weight excluding hydrogens is 428 g/mol. The largest absolute Gasteiger partial charge is 0.290 e. The Labute approximate surface area is 188 Å². The van der Waals surface area contributed by atoms with Crippen molar-refractivity contribution in [1.29, 1.82) is 0 Å². The minimum Gasteiger partial charge on any atom is -0.273 e. The molecule has 0 aliphatic rings. The zero-order valence-corrected chi connectivity index (χ0v) is 17.7. The number of hydrogen-bond donors (Lipinski definition) is 2. The Morgan fingerprint density at radius 1 is 0.812 bits per heavy atom. The molecule has 4 rings (SSSR count). The van der Waals surface area contributed by atoms with Crippen molar-refractivity contribution < 1.29 is 9.59 Å². The molecule has 32 heavy (non-hydrogen) atoms. The van der Waals surface area contributed by atoms with E-state index in [4.69, 9.17) is 11.6 Å². The number of nitrogens with one attached hydrogen (secondary N) is 2. The number of hydrogen-bond acceptors (Lipinski definition) is 4. The Kier molecular flexibility index (Phi) is 6.28. The van der Waals surface area contributed by atoms with Gasteiger partial charge in [-0.2, -0.15) is 5.10 Å². The van der Waals surface area contributed by atoms with Crippen molar-refractivity contribution in [3.8, 4) is 0 Å². The first-order valence-electron chi connectivity index (χ1n) is 9.88. The normalized spacial score (nSPS) is 10.7. The molecule has 0 spiro atoms. The third-order valence-electron chi connectivity index (χ3n) is 4.85. The fourth-order valence-corrected chi connectivity index (χ4v) is 3.41. The minimum atomic E-state index is -0.618. The van der Waals surface area contributed by atoms with Crippen molar-refractivity contribution in [2.24, 2.45) is 0 Å². The average Bonchev–Trinajstić information content (AvgIpc) is 2.81. The maximum Gasteiger partial charge on any atom is 0.290 e. The van der Waals surface area contributed by atoms with Crippen LogP contribution in [0.1, 0.15) is 21.6 Å². The van der Waals surface area contributed by atoms with Crippen molar-refractivity contribution >= 4 is 34.2 Å². The Bertz CT molecular complexity index is 1340. The fraction of sp³-hybridized carbons (Fsp3) is 0.0833. The van der Waals surface area contributed by atoms with E-state index in [2.05, 4.69) is 16.0 Å². The molecule has 0 aliphatic carbocycles. The van der Waals surface area contributed by atoms with Gasteiger partial charge in [0.25, 0.3) is 11.5 Å². The third kappa shape index (κ3) is 4.84. The van der Waals surface area contributed by atoms with E-state index < -0.39 is 11.8 Å². The van der Waals surface area contributed by atoms with E-state index >= 15 is 0 Å². The van der Waals surface area contributed by atoms with Crippen LogP contribution in [0.25, 0.3) is 10.8 Å². The number of fused-ring (bicyclic) bond motifs is 1. The molecule has 3 aromatic carbocycles. The lowest BCUT2D eigenvalue weighted by Gasteiger charge is -2.12. The van der Waals surface area contributed by atoms with Crippen molar-refractivity contribution in [1.82, 2.24) is 20.6 Å². The number of halogens is 1. The topological polar surface area (TPSA) is 93.1 Å². The number of amides is 2. The van der Waals surface area contributed by atoms with Gasteiger partial charge in [0.2, 0.25) is 5.91 Å². The van der Waals surface area contributed by atoms with Crippen molar-refractivity contribution in [2.75, 3.05) is 0 Å². The summed E-state index contributed by atoms with van der Waals surface area (Å²) in [5.74, 6) is -1.02. The molecule has 0 fully saturated rings. The van der Waals surface area contributed by atoms with Crippen LogP contribution < -0.4 is 16.4 Å². The van der Waals surface area contributed by atoms with Crippen LogP contribution >= 0.6 is 11.6 Å². The lowest BCUT2D eigenvalue weighted by atomic mass is 10.1. The summed E-state index contributed by atoms with van der Waals surface area (Å²) in [7, 11) is 0. The van der Waals surface area contributed by atoms with Crippen LogP contribution in [0.3, 0.4) is 0 Å². The second-order valence-corrected chi connectivity index (χ2v) is 7.58. The lowest BCUT2D eigenvalue weighted by molar-refractivity contribution is -0.121. The van der Waals surface area contributed by atoms with E-state index in [0.29, 0.717) is 15.8 Å². The summed E-state index contributed by atoms with van der Waals surface area (Å²) in [6.45, 7) is 0.216. The van der Waals surface area contributed by atoms with Gasteiger partial charge in [-0.25, -0.2) is 4.68 Å². The number of aromatic nitrogens is 2. The van der Waals surface area contributed by atoms with Gasteiger partial charge in [-0.3, -0.25) is 25.2 Å². The first-order valence-corrected chi connectivity index (χ1v) is 10.3. The zero-order valence-electron chi connectivity index (χ0n) is 16.9. The predicted molar refractivity (Wildman–Crippen MR) is 122 cm³/mol. The van der Waals surface area contributed by atoms with E-state index in [0.717, 1.165) is 11.1 Å². The molecule has 0 bridgehead atoms. The fourth-order valence-electron chi connectivity index (χ4n) is 3.28. The summed E-state index contributed by atoms with van der Waals surface area (Å²) < 4.78 is 1.25. The number of rotatable bonds is 5. The van der Waals surface area contributed by atoms with Gasteiger partial charge in [0, 0.05) is 10.4 Å². The number of carbonyl (C=O) groups is 2. The monoisotopic (exact) mass is 446 g/mol. The molecule has 1 aromatic heterocycles. The average molecular weight is 447 g/mol. The molecule has 160 valence electrons. The highest BCUT2D eigenvalue weighted by molar-refractivity contribution is 6.30. The van der Waals surface area contributed by atoms with E-state index in [1.54, 1.807) is 48.5 Å². The molecule has 0 saturated heterocycles. The van der Waals surface area contributed by atoms with Gasteiger partial charge in [0.05, 0.1) is 18.4 Å². The summed E-state index contributed by atoms with van der Waals surface area (Å²) in [5, 5.41) is 5.65. The Morgan fingerprint density at radius 3 is 2.19 bits per heavy atom. The van der Waals surface area contributed by atoms with Crippen LogP contribution in [0.4, 0.5) is 0 Å². The standard InChI is InChI=1S/C24H19ClN4O3/c25-18-12-10-16(11-13-18)14-21(30)26-27-23(31)22-19-8-4-5-9-20(19)24(32)29(28-22)15-17-6-2-1-3-7-17/h1-13H,14-15H2,(H,26,30)(H,27,31). The van der Waals surface area contributed by atoms with Crippen LogP contribution in [0.5, 0.6) is 0 Å². The second-order valence-electron chi connectivity index (χ2n) is 7.15. The highest BCUT2D eigenvalue weighted by Crippen LogP contribution is 2.14. The van der Waals surface area contributed by atoms with Crippen LogP contribution in [0.15, 0.2) is 83.7 Å². The maximum absolute atomic E-state index is 12.9. The molecular formula is C24H19ClN4O3. The lowest BCUT2D eigenvalue weighted by Crippen LogP contribution is -2.43. The predicted octanol–water partition coefficient (Wildman–Crippen LogP) is 3.10. The zero-order chi connectivity index (χ0) is 22.5. The molecule has 1 heterocycles. The first-order chi connectivity index (χ1) is 15.5. The summed E-state index contributed by atoms with van der Waals surface area (Å²) in [4.78, 5) is 38.0. The number of carbonyl (C=O) groups excluding carboxylic acids is 2. The Morgan fingerprint density at radius 2 is 1.47 bits per heavy atom. The molecule has 7 nitrogen and oxygen atoms in total. The van der Waals surface area contributed by atoms with Gasteiger partial charge in [0.1, 0.15) is 0 Å². The maximum atomic E-state index is 12.9. The van der Waals surface area contributed by atoms with E-state index in [1.165, 1.54) is 4.68 Å². The second kappa shape index (κ2) is 9.45. The highest BCUT2D eigenvalue weighted by Gasteiger charge is 2.17. The molecule has 2 amide bonds. The smallest absolute Gasteiger partial charge is 0.273 e. The molecule has 0 unspecified atom stereocenters. The Balaban J connectivity index is 1.56. The highest BCUT2D eigenvalue weighted by atomic mass is 35.5. The molecule has 8 heteroatoms. The first kappa shape index (κ1) is 21.3. The van der Waals surface area contributed by atoms with Crippen molar-refractivity contribution in [3.05, 3.63) is 111 Å². The number of benzene rings is 3. The molecule has 2 N–H and O–H groups in total. The summed E-state index contributed by atoms with van der Waals surface area (Å²) in [6, 6.07) is 23.0. The Hall–Kier alpha value is -3.97. The third-order valence-corrected chi connectivity index (χ3v) is 5.10. The molecule has 0 saturated carbocycles. The van der Waals surface area contributed by atoms with Gasteiger partial charge in [-0.1, -0.05) is 72.3 Å². The van der Waals surface area contributed by atoms with E-state index in [1.807, 2.05) is 30.3 Å². The van der Waals surface area contributed by atoms with Gasteiger partial charge in [0.15, 0.2) is 5.69 Å². The van der Waals surface area contributed by atoms with Crippen LogP contribution in [-0.4, -0.2) is 21.6 Å². The summed E-state index contributed by atoms with van der Waals surface area (Å²) in [6.07, 6.45) is 0.0686. The minimum absolute atomic E-state index is 0.0444. The van der Waals surface area contributed by atoms with Gasteiger partial charge >= 0.3 is 0 Å². The summed E-state index contributed by atoms with van der Waals surface area (Å²) >= 11 is 5.85. The molecule has 4 aromatic rings. The van der Waals surface area contributed by atoms with Crippen LogP contribution in [-0.2, 0) is 17.8 Å². The van der Waals surface area contributed by atoms with Crippen molar-refractivity contribution in [3.63, 3.8) is 0 Å². The van der Waals surface area contributed by atoms with Crippen molar-refractivity contribution in [2.45, 2.75) is 13.0 Å². The molecule has 0 radical (unpaired) electrons. The van der Waals surface area contributed by atoms with Gasteiger partial charge < -0.3 is 0 Å². The quantitative estimate of drug-likeness (QED) is 0.461. The van der Waals surface area contributed by atoms with E-state index in [9.17, 15) is 14.4 Å². The SMILES string of the molecule is O=C(Cc1ccc(Cl)cc1)NNC(=O)c1nn(Cc2ccccc2)c(=O)c2ccccc12. The molecule has 0 aliphatic heterocycles. The summed E-state index contributed by atoms with van der Waals surface area (Å²) in [5.41, 5.74) is 6.16. The van der Waals surface area contributed by atoms with E-state index in [-0.39, 0.29) is 24.2 Å².